The summed E-state index contributed by atoms with van der Waals surface area (Å²) in [5.74, 6) is -0.0856. The summed E-state index contributed by atoms with van der Waals surface area (Å²) in [6.07, 6.45) is -3.44. The minimum atomic E-state index is -4.66. The predicted octanol–water partition coefficient (Wildman–Crippen LogP) is 3.12. The van der Waals surface area contributed by atoms with Crippen molar-refractivity contribution in [2.45, 2.75) is 6.18 Å². The van der Waals surface area contributed by atoms with Gasteiger partial charge in [-0.15, -0.1) is 10.2 Å². The highest BCUT2D eigenvalue weighted by atomic mass is 32.1. The number of nitrogens with one attached hydrogen (secondary N) is 1. The Bertz CT molecular complexity index is 887. The van der Waals surface area contributed by atoms with Crippen molar-refractivity contribution < 1.29 is 27.4 Å². The molecule has 1 N–H and O–H groups in total. The van der Waals surface area contributed by atoms with Gasteiger partial charge in [0.2, 0.25) is 10.1 Å². The summed E-state index contributed by atoms with van der Waals surface area (Å²) in [5, 5.41) is 15.9. The fourth-order valence-electron chi connectivity index (χ4n) is 1.81. The second kappa shape index (κ2) is 7.83. The third-order valence-corrected chi connectivity index (χ3v) is 3.87. The molecule has 1 aromatic carbocycles. The summed E-state index contributed by atoms with van der Waals surface area (Å²) < 4.78 is 47.7. The Kier molecular flexibility index (Phi) is 5.78. The summed E-state index contributed by atoms with van der Waals surface area (Å²) in [4.78, 5) is 12.1. The molecule has 26 heavy (non-hydrogen) atoms. The van der Waals surface area contributed by atoms with E-state index in [-0.39, 0.29) is 22.0 Å². The average molecular weight is 384 g/mol. The number of methoxy groups -OCH3 is 2. The zero-order valence-electron chi connectivity index (χ0n) is 13.4. The molecule has 2 rings (SSSR count). The third-order valence-electron chi connectivity index (χ3n) is 2.99. The second-order valence-electron chi connectivity index (χ2n) is 4.64. The number of nitriles is 1. The average Bonchev–Trinajstić information content (AvgIpc) is 3.08. The van der Waals surface area contributed by atoms with E-state index in [9.17, 15) is 23.2 Å². The van der Waals surface area contributed by atoms with Crippen LogP contribution in [-0.4, -0.2) is 30.3 Å². The highest BCUT2D eigenvalue weighted by Gasteiger charge is 2.35. The highest BCUT2D eigenvalue weighted by Crippen LogP contribution is 2.33. The van der Waals surface area contributed by atoms with Gasteiger partial charge < -0.3 is 9.47 Å². The summed E-state index contributed by atoms with van der Waals surface area (Å²) >= 11 is 0.156. The van der Waals surface area contributed by atoms with Crippen LogP contribution in [0.25, 0.3) is 6.08 Å². The molecule has 11 heteroatoms. The Labute approximate surface area is 149 Å². The van der Waals surface area contributed by atoms with Crippen molar-refractivity contribution in [3.05, 3.63) is 34.3 Å². The first-order chi connectivity index (χ1) is 12.3. The van der Waals surface area contributed by atoms with Gasteiger partial charge in [0.15, 0.2) is 0 Å². The van der Waals surface area contributed by atoms with Gasteiger partial charge in [0.05, 0.1) is 14.2 Å². The van der Waals surface area contributed by atoms with Gasteiger partial charge in [0, 0.05) is 5.56 Å². The molecule has 136 valence electrons. The van der Waals surface area contributed by atoms with Crippen LogP contribution in [0.1, 0.15) is 10.6 Å². The van der Waals surface area contributed by atoms with Gasteiger partial charge in [0.25, 0.3) is 5.91 Å². The lowest BCUT2D eigenvalue weighted by molar-refractivity contribution is -0.138. The van der Waals surface area contributed by atoms with Gasteiger partial charge in [-0.1, -0.05) is 11.3 Å². The molecule has 0 saturated carbocycles. The van der Waals surface area contributed by atoms with Crippen LogP contribution in [-0.2, 0) is 11.0 Å². The van der Waals surface area contributed by atoms with E-state index in [1.807, 2.05) is 0 Å². The van der Waals surface area contributed by atoms with Crippen LogP contribution in [0, 0.1) is 11.3 Å². The lowest BCUT2D eigenvalue weighted by atomic mass is 10.1. The Morgan fingerprint density at radius 1 is 1.31 bits per heavy atom. The van der Waals surface area contributed by atoms with E-state index in [1.165, 1.54) is 26.4 Å². The number of nitrogens with zero attached hydrogens (tertiary/aromatic N) is 3. The Balaban J connectivity index is 2.28. The zero-order valence-corrected chi connectivity index (χ0v) is 14.2. The molecule has 0 aliphatic rings. The van der Waals surface area contributed by atoms with Crippen molar-refractivity contribution in [3.63, 3.8) is 0 Å². The first-order valence-electron chi connectivity index (χ1n) is 6.84. The highest BCUT2D eigenvalue weighted by molar-refractivity contribution is 7.15. The Morgan fingerprint density at radius 3 is 2.58 bits per heavy atom. The lowest BCUT2D eigenvalue weighted by Crippen LogP contribution is -2.13. The van der Waals surface area contributed by atoms with Crippen molar-refractivity contribution >= 4 is 28.5 Å². The first-order valence-corrected chi connectivity index (χ1v) is 7.66. The quantitative estimate of drug-likeness (QED) is 0.628. The number of alkyl halides is 3. The van der Waals surface area contributed by atoms with E-state index < -0.39 is 17.1 Å². The van der Waals surface area contributed by atoms with E-state index in [2.05, 4.69) is 15.5 Å². The number of aromatic nitrogens is 2. The topological polar surface area (TPSA) is 97.1 Å². The Hall–Kier alpha value is -3.13. The van der Waals surface area contributed by atoms with Crippen LogP contribution >= 0.6 is 11.3 Å². The van der Waals surface area contributed by atoms with Gasteiger partial charge in [-0.25, -0.2) is 0 Å². The molecule has 0 unspecified atom stereocenters. The number of amides is 1. The van der Waals surface area contributed by atoms with Crippen LogP contribution in [0.5, 0.6) is 11.5 Å². The monoisotopic (exact) mass is 384 g/mol. The number of benzene rings is 1. The fourth-order valence-corrected chi connectivity index (χ4v) is 2.41. The maximum atomic E-state index is 12.5. The van der Waals surface area contributed by atoms with Gasteiger partial charge >= 0.3 is 6.18 Å². The van der Waals surface area contributed by atoms with Crippen molar-refractivity contribution in [1.82, 2.24) is 10.2 Å². The molecule has 0 atom stereocenters. The molecule has 2 aromatic rings. The molecule has 1 aromatic heterocycles. The number of rotatable bonds is 5. The van der Waals surface area contributed by atoms with Gasteiger partial charge in [-0.3, -0.25) is 10.1 Å². The fraction of sp³-hybridized carbons (Fsp3) is 0.200. The van der Waals surface area contributed by atoms with Crippen molar-refractivity contribution in [1.29, 1.82) is 5.26 Å². The largest absolute Gasteiger partial charge is 0.497 e. The number of hydrogen-bond acceptors (Lipinski definition) is 7. The van der Waals surface area contributed by atoms with Crippen molar-refractivity contribution in [3.8, 4) is 17.6 Å². The molecule has 1 amide bonds. The SMILES string of the molecule is COc1ccc(OC)c(/C=C(/C#N)C(=O)Nc2nnc(C(F)(F)F)s2)c1. The standard InChI is InChI=1S/C15H11F3N4O3S/c1-24-10-3-4-11(25-2)8(6-10)5-9(7-19)12(23)20-14-22-21-13(26-14)15(16,17)18/h3-6H,1-2H3,(H,20,22,23)/b9-5-. The molecule has 7 nitrogen and oxygen atoms in total. The lowest BCUT2D eigenvalue weighted by Gasteiger charge is -2.08. The molecule has 0 fully saturated rings. The third kappa shape index (κ3) is 4.48. The van der Waals surface area contributed by atoms with Gasteiger partial charge in [-0.05, 0) is 24.3 Å². The van der Waals surface area contributed by atoms with Gasteiger partial charge in [0.1, 0.15) is 23.1 Å². The van der Waals surface area contributed by atoms with Gasteiger partial charge in [-0.2, -0.15) is 18.4 Å². The molecular formula is C15H11F3N4O3S. The molecule has 0 saturated heterocycles. The molecular weight excluding hydrogens is 373 g/mol. The number of carbonyl (C=O) groups excluding carboxylic acids is 1. The van der Waals surface area contributed by atoms with Crippen LogP contribution < -0.4 is 14.8 Å². The minimum Gasteiger partial charge on any atom is -0.497 e. The van der Waals surface area contributed by atoms with Crippen LogP contribution in [0.3, 0.4) is 0 Å². The van der Waals surface area contributed by atoms with E-state index in [0.29, 0.717) is 17.1 Å². The second-order valence-corrected chi connectivity index (χ2v) is 5.62. The molecule has 0 bridgehead atoms. The van der Waals surface area contributed by atoms with Crippen LogP contribution in [0.2, 0.25) is 0 Å². The maximum absolute atomic E-state index is 12.5. The molecule has 1 heterocycles. The number of carbonyl (C=O) groups is 1. The number of ether oxygens (including phenoxy) is 2. The van der Waals surface area contributed by atoms with Crippen molar-refractivity contribution in [2.24, 2.45) is 0 Å². The van der Waals surface area contributed by atoms with E-state index in [1.54, 1.807) is 18.2 Å². The van der Waals surface area contributed by atoms with E-state index >= 15 is 0 Å². The smallest absolute Gasteiger partial charge is 0.445 e. The molecule has 0 radical (unpaired) electrons. The number of halogens is 3. The summed E-state index contributed by atoms with van der Waals surface area (Å²) in [5.41, 5.74) is 0.0205. The minimum absolute atomic E-state index is 0.156. The summed E-state index contributed by atoms with van der Waals surface area (Å²) in [6.45, 7) is 0. The summed E-state index contributed by atoms with van der Waals surface area (Å²) in [7, 11) is 2.85. The van der Waals surface area contributed by atoms with Crippen molar-refractivity contribution in [2.75, 3.05) is 19.5 Å². The molecule has 0 aliphatic carbocycles. The van der Waals surface area contributed by atoms with E-state index in [0.717, 1.165) is 0 Å². The Morgan fingerprint density at radius 2 is 2.04 bits per heavy atom. The van der Waals surface area contributed by atoms with Crippen LogP contribution in [0.15, 0.2) is 23.8 Å². The first kappa shape index (κ1) is 19.2. The summed E-state index contributed by atoms with van der Waals surface area (Å²) in [6, 6.07) is 6.43. The molecule has 0 aliphatic heterocycles. The predicted molar refractivity (Wildman–Crippen MR) is 86.7 cm³/mol. The molecule has 0 spiro atoms. The van der Waals surface area contributed by atoms with E-state index in [4.69, 9.17) is 9.47 Å². The van der Waals surface area contributed by atoms with Crippen LogP contribution in [0.4, 0.5) is 18.3 Å². The maximum Gasteiger partial charge on any atom is 0.445 e. The zero-order chi connectivity index (χ0) is 19.3. The normalized spacial score (nSPS) is 11.6. The number of anilines is 1. The number of hydrogen-bond donors (Lipinski definition) is 1.